The minimum atomic E-state index is -3.81. The standard InChI is InChI=1S/C11H10N2O3S2/c12-18(15,16)10-4-3-8(11(7-10)13-14)6-9-2-1-5-17-9/h1-5,7H,6H2,(H2,12,15,16). The predicted octanol–water partition coefficient (Wildman–Crippen LogP) is 2.38. The van der Waals surface area contributed by atoms with Crippen LogP contribution in [0.5, 0.6) is 0 Å². The van der Waals surface area contributed by atoms with Crippen LogP contribution in [0.4, 0.5) is 5.69 Å². The molecule has 0 aliphatic rings. The van der Waals surface area contributed by atoms with Gasteiger partial charge in [0, 0.05) is 11.3 Å². The van der Waals surface area contributed by atoms with E-state index < -0.39 is 10.0 Å². The van der Waals surface area contributed by atoms with E-state index in [4.69, 9.17) is 5.14 Å². The third kappa shape index (κ3) is 2.81. The third-order valence-electron chi connectivity index (χ3n) is 2.43. The number of benzene rings is 1. The number of nitrogens with two attached hydrogens (primary N) is 1. The molecule has 2 rings (SSSR count). The lowest BCUT2D eigenvalue weighted by atomic mass is 10.1. The van der Waals surface area contributed by atoms with Crippen LogP contribution in [-0.4, -0.2) is 8.42 Å². The third-order valence-corrected chi connectivity index (χ3v) is 4.22. The maximum Gasteiger partial charge on any atom is 0.238 e. The predicted molar refractivity (Wildman–Crippen MR) is 70.4 cm³/mol. The fourth-order valence-corrected chi connectivity index (χ4v) is 2.82. The quantitative estimate of drug-likeness (QED) is 0.873. The Kier molecular flexibility index (Phi) is 3.55. The molecule has 2 N–H and O–H groups in total. The number of primary sulfonamides is 1. The summed E-state index contributed by atoms with van der Waals surface area (Å²) in [7, 11) is -3.81. The lowest BCUT2D eigenvalue weighted by Crippen LogP contribution is -2.12. The van der Waals surface area contributed by atoms with Crippen molar-refractivity contribution in [1.82, 2.24) is 0 Å². The topological polar surface area (TPSA) is 89.6 Å². The molecule has 94 valence electrons. The van der Waals surface area contributed by atoms with E-state index in [1.165, 1.54) is 12.1 Å². The summed E-state index contributed by atoms with van der Waals surface area (Å²) in [6.07, 6.45) is 0.545. The van der Waals surface area contributed by atoms with Gasteiger partial charge in [-0.05, 0) is 34.3 Å². The fraction of sp³-hybridized carbons (Fsp3) is 0.0909. The molecular weight excluding hydrogens is 272 g/mol. The minimum absolute atomic E-state index is 0.105. The molecule has 0 aliphatic carbocycles. The van der Waals surface area contributed by atoms with Crippen molar-refractivity contribution in [3.05, 3.63) is 51.1 Å². The summed E-state index contributed by atoms with van der Waals surface area (Å²) < 4.78 is 22.3. The second-order valence-corrected chi connectivity index (χ2v) is 6.28. The summed E-state index contributed by atoms with van der Waals surface area (Å²) in [6, 6.07) is 7.99. The van der Waals surface area contributed by atoms with E-state index in [0.29, 0.717) is 12.0 Å². The molecule has 1 heterocycles. The van der Waals surface area contributed by atoms with Gasteiger partial charge in [0.2, 0.25) is 10.0 Å². The van der Waals surface area contributed by atoms with E-state index >= 15 is 0 Å². The summed E-state index contributed by atoms with van der Waals surface area (Å²) in [5.41, 5.74) is 0.787. The maximum absolute atomic E-state index is 11.2. The molecule has 0 spiro atoms. The van der Waals surface area contributed by atoms with Crippen LogP contribution in [0, 0.1) is 4.91 Å². The highest BCUT2D eigenvalue weighted by Gasteiger charge is 2.12. The van der Waals surface area contributed by atoms with Crippen LogP contribution in [0.1, 0.15) is 10.4 Å². The Labute approximate surface area is 108 Å². The fourth-order valence-electron chi connectivity index (χ4n) is 1.56. The number of hydrogen-bond donors (Lipinski definition) is 1. The summed E-state index contributed by atoms with van der Waals surface area (Å²) in [6.45, 7) is 0. The Morgan fingerprint density at radius 2 is 2.06 bits per heavy atom. The van der Waals surface area contributed by atoms with Crippen molar-refractivity contribution in [1.29, 1.82) is 0 Å². The zero-order valence-corrected chi connectivity index (χ0v) is 10.9. The van der Waals surface area contributed by atoms with E-state index in [0.717, 1.165) is 4.88 Å². The Hall–Kier alpha value is -1.57. The molecule has 0 atom stereocenters. The number of nitroso groups, excluding NO2 is 1. The van der Waals surface area contributed by atoms with Crippen molar-refractivity contribution in [2.45, 2.75) is 11.3 Å². The second-order valence-electron chi connectivity index (χ2n) is 3.68. The molecule has 7 heteroatoms. The Morgan fingerprint density at radius 1 is 1.28 bits per heavy atom. The van der Waals surface area contributed by atoms with Crippen LogP contribution in [0.3, 0.4) is 0 Å². The molecule has 18 heavy (non-hydrogen) atoms. The minimum Gasteiger partial charge on any atom is -0.225 e. The molecule has 0 saturated heterocycles. The Bertz CT molecular complexity index is 664. The molecular formula is C11H10N2O3S2. The highest BCUT2D eigenvalue weighted by Crippen LogP contribution is 2.26. The van der Waals surface area contributed by atoms with Gasteiger partial charge in [-0.15, -0.1) is 16.2 Å². The lowest BCUT2D eigenvalue weighted by Gasteiger charge is -2.04. The maximum atomic E-state index is 11.2. The highest BCUT2D eigenvalue weighted by molar-refractivity contribution is 7.89. The van der Waals surface area contributed by atoms with Crippen molar-refractivity contribution in [2.24, 2.45) is 10.3 Å². The zero-order valence-electron chi connectivity index (χ0n) is 9.24. The number of sulfonamides is 1. The smallest absolute Gasteiger partial charge is 0.225 e. The van der Waals surface area contributed by atoms with Crippen LogP contribution < -0.4 is 5.14 Å². The first-order valence-corrected chi connectivity index (χ1v) is 7.45. The molecule has 0 aliphatic heterocycles. The van der Waals surface area contributed by atoms with Crippen molar-refractivity contribution in [3.8, 4) is 0 Å². The first-order valence-electron chi connectivity index (χ1n) is 5.02. The lowest BCUT2D eigenvalue weighted by molar-refractivity contribution is 0.598. The first kappa shape index (κ1) is 12.9. The number of nitrogens with zero attached hydrogens (tertiary/aromatic N) is 1. The van der Waals surface area contributed by atoms with Crippen LogP contribution in [0.2, 0.25) is 0 Å². The molecule has 0 radical (unpaired) electrons. The number of hydrogen-bond acceptors (Lipinski definition) is 5. The van der Waals surface area contributed by atoms with Crippen LogP contribution >= 0.6 is 11.3 Å². The van der Waals surface area contributed by atoms with Crippen LogP contribution in [0.25, 0.3) is 0 Å². The zero-order chi connectivity index (χ0) is 13.2. The van der Waals surface area contributed by atoms with Gasteiger partial charge in [0.15, 0.2) is 0 Å². The van der Waals surface area contributed by atoms with Crippen molar-refractivity contribution < 1.29 is 8.42 Å². The summed E-state index contributed by atoms with van der Waals surface area (Å²) in [5.74, 6) is 0. The van der Waals surface area contributed by atoms with Gasteiger partial charge in [0.1, 0.15) is 5.69 Å². The van der Waals surface area contributed by atoms with E-state index in [1.807, 2.05) is 17.5 Å². The van der Waals surface area contributed by atoms with Gasteiger partial charge in [0.25, 0.3) is 0 Å². The molecule has 0 fully saturated rings. The van der Waals surface area contributed by atoms with Gasteiger partial charge in [-0.1, -0.05) is 12.1 Å². The second kappa shape index (κ2) is 4.97. The molecule has 1 aromatic heterocycles. The number of rotatable bonds is 4. The van der Waals surface area contributed by atoms with Gasteiger partial charge in [-0.3, -0.25) is 0 Å². The Morgan fingerprint density at radius 3 is 2.61 bits per heavy atom. The molecule has 5 nitrogen and oxygen atoms in total. The van der Waals surface area contributed by atoms with Gasteiger partial charge in [-0.2, -0.15) is 0 Å². The van der Waals surface area contributed by atoms with E-state index in [-0.39, 0.29) is 10.6 Å². The molecule has 1 aromatic carbocycles. The van der Waals surface area contributed by atoms with E-state index in [1.54, 1.807) is 17.4 Å². The molecule has 0 saturated carbocycles. The Balaban J connectivity index is 2.41. The van der Waals surface area contributed by atoms with Gasteiger partial charge < -0.3 is 0 Å². The first-order chi connectivity index (χ1) is 8.50. The van der Waals surface area contributed by atoms with Crippen molar-refractivity contribution >= 4 is 27.0 Å². The highest BCUT2D eigenvalue weighted by atomic mass is 32.2. The summed E-state index contributed by atoms with van der Waals surface area (Å²) >= 11 is 1.56. The van der Waals surface area contributed by atoms with Crippen molar-refractivity contribution in [3.63, 3.8) is 0 Å². The number of thiophene rings is 1. The molecule has 0 bridgehead atoms. The largest absolute Gasteiger partial charge is 0.238 e. The van der Waals surface area contributed by atoms with Crippen LogP contribution in [-0.2, 0) is 16.4 Å². The molecule has 2 aromatic rings. The van der Waals surface area contributed by atoms with Crippen LogP contribution in [0.15, 0.2) is 45.8 Å². The average Bonchev–Trinajstić information content (AvgIpc) is 2.81. The van der Waals surface area contributed by atoms with Gasteiger partial charge in [0.05, 0.1) is 4.90 Å². The SMILES string of the molecule is NS(=O)(=O)c1ccc(Cc2cccs2)c(N=O)c1. The van der Waals surface area contributed by atoms with E-state index in [9.17, 15) is 13.3 Å². The molecule has 0 unspecified atom stereocenters. The van der Waals surface area contributed by atoms with E-state index in [2.05, 4.69) is 5.18 Å². The van der Waals surface area contributed by atoms with Gasteiger partial charge in [-0.25, -0.2) is 13.6 Å². The molecule has 0 amide bonds. The summed E-state index contributed by atoms with van der Waals surface area (Å²) in [5, 5.41) is 9.79. The average molecular weight is 282 g/mol. The summed E-state index contributed by atoms with van der Waals surface area (Å²) in [4.78, 5) is 11.7. The normalized spacial score (nSPS) is 11.4. The van der Waals surface area contributed by atoms with Crippen molar-refractivity contribution in [2.75, 3.05) is 0 Å². The van der Waals surface area contributed by atoms with Gasteiger partial charge >= 0.3 is 0 Å². The monoisotopic (exact) mass is 282 g/mol.